The Morgan fingerprint density at radius 2 is 1.82 bits per heavy atom. The van der Waals surface area contributed by atoms with E-state index in [-0.39, 0.29) is 5.02 Å². The second-order valence-corrected chi connectivity index (χ2v) is 8.14. The van der Waals surface area contributed by atoms with Crippen LogP contribution in [0.5, 0.6) is 0 Å². The van der Waals surface area contributed by atoms with Crippen LogP contribution in [-0.4, -0.2) is 18.0 Å². The molecule has 0 aliphatic rings. The molecule has 0 saturated heterocycles. The second kappa shape index (κ2) is 7.57. The van der Waals surface area contributed by atoms with Crippen LogP contribution in [0.2, 0.25) is 5.02 Å². The number of imidazole rings is 1. The SMILES string of the molecule is CC(NS(=O)(=O)c1cc(C(F)(F)F)ccc1Cl)c1ccc(-n2ccnc2)cc1. The average Bonchev–Trinajstić information content (AvgIpc) is 3.15. The van der Waals surface area contributed by atoms with E-state index >= 15 is 0 Å². The lowest BCUT2D eigenvalue weighted by Gasteiger charge is -2.17. The molecule has 10 heteroatoms. The molecular formula is C18H15ClF3N3O2S. The Morgan fingerprint density at radius 1 is 1.14 bits per heavy atom. The standard InChI is InChI=1S/C18H15ClF3N3O2S/c1-12(13-2-5-15(6-3-13)25-9-8-23-11-25)24-28(26,27)17-10-14(18(20,21)22)4-7-16(17)19/h2-12,24H,1H3. The molecule has 1 aromatic heterocycles. The van der Waals surface area contributed by atoms with E-state index in [1.807, 2.05) is 0 Å². The van der Waals surface area contributed by atoms with Crippen molar-refractivity contribution in [3.8, 4) is 5.69 Å². The van der Waals surface area contributed by atoms with Crippen LogP contribution in [-0.2, 0) is 16.2 Å². The van der Waals surface area contributed by atoms with Gasteiger partial charge in [-0.1, -0.05) is 23.7 Å². The highest BCUT2D eigenvalue weighted by Gasteiger charge is 2.33. The number of nitrogens with zero attached hydrogens (tertiary/aromatic N) is 2. The van der Waals surface area contributed by atoms with Crippen LogP contribution in [0.1, 0.15) is 24.1 Å². The summed E-state index contributed by atoms with van der Waals surface area (Å²) in [6.07, 6.45) is 0.334. The Kier molecular flexibility index (Phi) is 5.51. The minimum atomic E-state index is -4.68. The summed E-state index contributed by atoms with van der Waals surface area (Å²) in [7, 11) is -4.27. The van der Waals surface area contributed by atoms with Crippen LogP contribution in [0, 0.1) is 0 Å². The van der Waals surface area contributed by atoms with E-state index < -0.39 is 32.7 Å². The summed E-state index contributed by atoms with van der Waals surface area (Å²) in [6, 6.07) is 8.49. The van der Waals surface area contributed by atoms with Gasteiger partial charge < -0.3 is 4.57 Å². The first-order valence-electron chi connectivity index (χ1n) is 8.05. The van der Waals surface area contributed by atoms with Gasteiger partial charge in [0.1, 0.15) is 4.90 Å². The van der Waals surface area contributed by atoms with Crippen molar-refractivity contribution in [2.24, 2.45) is 0 Å². The molecule has 148 valence electrons. The molecule has 0 aliphatic heterocycles. The number of sulfonamides is 1. The molecule has 1 unspecified atom stereocenters. The van der Waals surface area contributed by atoms with Gasteiger partial charge in [0.25, 0.3) is 0 Å². The Hall–Kier alpha value is -2.36. The summed E-state index contributed by atoms with van der Waals surface area (Å²) in [5.41, 5.74) is 0.377. The van der Waals surface area contributed by atoms with E-state index in [0.717, 1.165) is 17.8 Å². The quantitative estimate of drug-likeness (QED) is 0.645. The highest BCUT2D eigenvalue weighted by atomic mass is 35.5. The van der Waals surface area contributed by atoms with Crippen molar-refractivity contribution in [1.82, 2.24) is 14.3 Å². The van der Waals surface area contributed by atoms with Crippen LogP contribution in [0.25, 0.3) is 5.69 Å². The zero-order valence-electron chi connectivity index (χ0n) is 14.5. The van der Waals surface area contributed by atoms with E-state index in [2.05, 4.69) is 9.71 Å². The van der Waals surface area contributed by atoms with Gasteiger partial charge in [0.05, 0.1) is 16.9 Å². The second-order valence-electron chi connectivity index (χ2n) is 6.05. The largest absolute Gasteiger partial charge is 0.416 e. The van der Waals surface area contributed by atoms with Crippen molar-refractivity contribution >= 4 is 21.6 Å². The van der Waals surface area contributed by atoms with Crippen molar-refractivity contribution in [1.29, 1.82) is 0 Å². The molecule has 28 heavy (non-hydrogen) atoms. The van der Waals surface area contributed by atoms with E-state index in [9.17, 15) is 21.6 Å². The van der Waals surface area contributed by atoms with Gasteiger partial charge in [-0.05, 0) is 42.8 Å². The van der Waals surface area contributed by atoms with Gasteiger partial charge in [-0.25, -0.2) is 18.1 Å². The topological polar surface area (TPSA) is 64.0 Å². The molecule has 3 rings (SSSR count). The van der Waals surface area contributed by atoms with Crippen LogP contribution in [0.3, 0.4) is 0 Å². The van der Waals surface area contributed by atoms with Crippen LogP contribution < -0.4 is 4.72 Å². The Morgan fingerprint density at radius 3 is 2.39 bits per heavy atom. The molecular weight excluding hydrogens is 415 g/mol. The smallest absolute Gasteiger partial charge is 0.306 e. The molecule has 0 radical (unpaired) electrons. The van der Waals surface area contributed by atoms with Gasteiger partial charge >= 0.3 is 6.18 Å². The molecule has 0 bridgehead atoms. The minimum absolute atomic E-state index is 0.289. The first-order valence-corrected chi connectivity index (χ1v) is 9.91. The van der Waals surface area contributed by atoms with Gasteiger partial charge in [-0.15, -0.1) is 0 Å². The summed E-state index contributed by atoms with van der Waals surface area (Å²) in [6.45, 7) is 1.59. The number of halogens is 4. The molecule has 5 nitrogen and oxygen atoms in total. The molecule has 1 atom stereocenters. The molecule has 0 aliphatic carbocycles. The Bertz CT molecular complexity index is 1070. The normalized spacial score (nSPS) is 13.5. The number of benzene rings is 2. The molecule has 0 amide bonds. The van der Waals surface area contributed by atoms with Crippen molar-refractivity contribution in [2.45, 2.75) is 24.0 Å². The number of nitrogens with one attached hydrogen (secondary N) is 1. The molecule has 1 N–H and O–H groups in total. The van der Waals surface area contributed by atoms with Gasteiger partial charge in [-0.3, -0.25) is 0 Å². The summed E-state index contributed by atoms with van der Waals surface area (Å²) in [5, 5.41) is -0.289. The molecule has 2 aromatic carbocycles. The van der Waals surface area contributed by atoms with Gasteiger partial charge in [0.2, 0.25) is 10.0 Å². The van der Waals surface area contributed by atoms with Crippen molar-refractivity contribution in [3.63, 3.8) is 0 Å². The van der Waals surface area contributed by atoms with Gasteiger partial charge in [0.15, 0.2) is 0 Å². The van der Waals surface area contributed by atoms with Crippen molar-refractivity contribution in [2.75, 3.05) is 0 Å². The third-order valence-electron chi connectivity index (χ3n) is 4.08. The lowest BCUT2D eigenvalue weighted by Crippen LogP contribution is -2.27. The maximum Gasteiger partial charge on any atom is 0.416 e. The third kappa shape index (κ3) is 4.37. The molecule has 1 heterocycles. The third-order valence-corrected chi connectivity index (χ3v) is 6.10. The highest BCUT2D eigenvalue weighted by molar-refractivity contribution is 7.89. The zero-order chi connectivity index (χ0) is 20.5. The van der Waals surface area contributed by atoms with E-state index in [1.54, 1.807) is 54.5 Å². The lowest BCUT2D eigenvalue weighted by atomic mass is 10.1. The maximum absolute atomic E-state index is 12.9. The average molecular weight is 430 g/mol. The van der Waals surface area contributed by atoms with Crippen molar-refractivity contribution < 1.29 is 21.6 Å². The highest BCUT2D eigenvalue weighted by Crippen LogP contribution is 2.33. The first-order chi connectivity index (χ1) is 13.1. The predicted molar refractivity (Wildman–Crippen MR) is 98.8 cm³/mol. The Balaban J connectivity index is 1.84. The van der Waals surface area contributed by atoms with E-state index in [4.69, 9.17) is 11.6 Å². The lowest BCUT2D eigenvalue weighted by molar-refractivity contribution is -0.137. The fraction of sp³-hybridized carbons (Fsp3) is 0.167. The van der Waals surface area contributed by atoms with E-state index in [1.165, 1.54) is 0 Å². The molecule has 0 fully saturated rings. The number of hydrogen-bond donors (Lipinski definition) is 1. The fourth-order valence-corrected chi connectivity index (χ4v) is 4.35. The van der Waals surface area contributed by atoms with E-state index in [0.29, 0.717) is 11.6 Å². The van der Waals surface area contributed by atoms with Crippen LogP contribution in [0.15, 0.2) is 66.1 Å². The number of rotatable bonds is 5. The van der Waals surface area contributed by atoms with Crippen LogP contribution in [0.4, 0.5) is 13.2 Å². The minimum Gasteiger partial charge on any atom is -0.306 e. The number of hydrogen-bond acceptors (Lipinski definition) is 3. The summed E-state index contributed by atoms with van der Waals surface area (Å²) in [4.78, 5) is 3.33. The van der Waals surface area contributed by atoms with Gasteiger partial charge in [0, 0.05) is 24.1 Å². The summed E-state index contributed by atoms with van der Waals surface area (Å²) >= 11 is 5.84. The van der Waals surface area contributed by atoms with Crippen LogP contribution >= 0.6 is 11.6 Å². The summed E-state index contributed by atoms with van der Waals surface area (Å²) in [5.74, 6) is 0. The number of alkyl halides is 3. The molecule has 0 spiro atoms. The first kappa shape index (κ1) is 20.4. The fourth-order valence-electron chi connectivity index (χ4n) is 2.60. The monoisotopic (exact) mass is 429 g/mol. The molecule has 3 aromatic rings. The van der Waals surface area contributed by atoms with Gasteiger partial charge in [-0.2, -0.15) is 13.2 Å². The molecule has 0 saturated carbocycles. The summed E-state index contributed by atoms with van der Waals surface area (Å²) < 4.78 is 68.0. The van der Waals surface area contributed by atoms with Crippen molar-refractivity contribution in [3.05, 3.63) is 77.3 Å². The predicted octanol–water partition coefficient (Wildman–Crippen LogP) is 4.58. The Labute approximate surface area is 164 Å². The maximum atomic E-state index is 12.9. The zero-order valence-corrected chi connectivity index (χ0v) is 16.1. The number of aromatic nitrogens is 2.